The van der Waals surface area contributed by atoms with Gasteiger partial charge in [0.25, 0.3) is 0 Å². The highest BCUT2D eigenvalue weighted by atomic mass is 14.8. The molecule has 0 unspecified atom stereocenters. The summed E-state index contributed by atoms with van der Waals surface area (Å²) in [5.74, 6) is 0. The van der Waals surface area contributed by atoms with Crippen LogP contribution in [0.15, 0.2) is 104 Å². The van der Waals surface area contributed by atoms with E-state index in [0.29, 0.717) is 0 Å². The number of aromatic nitrogens is 3. The van der Waals surface area contributed by atoms with Crippen LogP contribution in [0, 0.1) is 0 Å². The van der Waals surface area contributed by atoms with Crippen molar-refractivity contribution >= 4 is 54.3 Å². The zero-order valence-electron chi connectivity index (χ0n) is 17.2. The minimum absolute atomic E-state index is 0.918. The minimum Gasteiger partial charge on any atom is -0.255 e. The number of hydrogen-bond donors (Lipinski definition) is 0. The molecule has 32 heavy (non-hydrogen) atoms. The number of rotatable bonds is 1. The molecule has 0 spiro atoms. The van der Waals surface area contributed by atoms with Crippen LogP contribution in [0.25, 0.3) is 65.4 Å². The van der Waals surface area contributed by atoms with Gasteiger partial charge in [-0.05, 0) is 68.9 Å². The average molecular weight is 407 g/mol. The van der Waals surface area contributed by atoms with E-state index in [4.69, 9.17) is 4.98 Å². The second-order valence-corrected chi connectivity index (χ2v) is 8.24. The summed E-state index contributed by atoms with van der Waals surface area (Å²) in [7, 11) is 0. The summed E-state index contributed by atoms with van der Waals surface area (Å²) in [6.07, 6.45) is 5.46. The molecular formula is C29H17N3. The van der Waals surface area contributed by atoms with Crippen molar-refractivity contribution in [3.8, 4) is 11.1 Å². The Kier molecular flexibility index (Phi) is 3.55. The van der Waals surface area contributed by atoms with E-state index < -0.39 is 0 Å². The van der Waals surface area contributed by atoms with Crippen molar-refractivity contribution in [3.63, 3.8) is 0 Å². The Labute approximate surface area is 184 Å². The quantitative estimate of drug-likeness (QED) is 0.212. The second kappa shape index (κ2) is 6.56. The molecule has 0 amide bonds. The highest BCUT2D eigenvalue weighted by molar-refractivity contribution is 6.07. The molecule has 5 aromatic carbocycles. The molecule has 0 radical (unpaired) electrons. The van der Waals surface area contributed by atoms with Crippen LogP contribution in [-0.4, -0.2) is 15.0 Å². The van der Waals surface area contributed by atoms with Crippen LogP contribution >= 0.6 is 0 Å². The monoisotopic (exact) mass is 407 g/mol. The first-order valence-electron chi connectivity index (χ1n) is 10.7. The Morgan fingerprint density at radius 1 is 0.438 bits per heavy atom. The first kappa shape index (κ1) is 17.3. The van der Waals surface area contributed by atoms with E-state index in [1.54, 1.807) is 12.4 Å². The van der Waals surface area contributed by atoms with Gasteiger partial charge in [-0.15, -0.1) is 0 Å². The summed E-state index contributed by atoms with van der Waals surface area (Å²) in [5, 5.41) is 8.33. The van der Waals surface area contributed by atoms with Crippen LogP contribution in [-0.2, 0) is 0 Å². The summed E-state index contributed by atoms with van der Waals surface area (Å²) in [6, 6.07) is 30.3. The third-order valence-electron chi connectivity index (χ3n) is 6.29. The standard InChI is InChI=1S/C29H17N3/c1-2-4-26-18(3-1)5-8-21-13-25(17-32-29(21)26)20-7-6-19-11-23-15-27-28(31-10-9-30-27)16-24(23)14-22(19)12-20/h1-17H. The molecule has 7 aromatic rings. The normalized spacial score (nSPS) is 11.8. The first-order valence-corrected chi connectivity index (χ1v) is 10.7. The van der Waals surface area contributed by atoms with Gasteiger partial charge in [-0.2, -0.15) is 0 Å². The Morgan fingerprint density at radius 3 is 1.94 bits per heavy atom. The lowest BCUT2D eigenvalue weighted by atomic mass is 9.97. The van der Waals surface area contributed by atoms with Gasteiger partial charge in [0.05, 0.1) is 16.6 Å². The molecular weight excluding hydrogens is 390 g/mol. The lowest BCUT2D eigenvalue weighted by molar-refractivity contribution is 1.30. The molecule has 3 nitrogen and oxygen atoms in total. The Balaban J connectivity index is 1.40. The molecule has 2 aromatic heterocycles. The van der Waals surface area contributed by atoms with Crippen LogP contribution in [0.1, 0.15) is 0 Å². The highest BCUT2D eigenvalue weighted by Crippen LogP contribution is 2.31. The molecule has 0 saturated carbocycles. The van der Waals surface area contributed by atoms with Crippen molar-refractivity contribution in [1.29, 1.82) is 0 Å². The van der Waals surface area contributed by atoms with E-state index in [1.807, 2.05) is 6.20 Å². The fraction of sp³-hybridized carbons (Fsp3) is 0. The smallest absolute Gasteiger partial charge is 0.0893 e. The predicted molar refractivity (Wildman–Crippen MR) is 133 cm³/mol. The van der Waals surface area contributed by atoms with Gasteiger partial charge in [-0.25, -0.2) is 0 Å². The number of fused-ring (bicyclic) bond motifs is 6. The third kappa shape index (κ3) is 2.65. The molecule has 0 N–H and O–H groups in total. The minimum atomic E-state index is 0.918. The number of hydrogen-bond acceptors (Lipinski definition) is 3. The van der Waals surface area contributed by atoms with Gasteiger partial charge in [0.2, 0.25) is 0 Å². The maximum Gasteiger partial charge on any atom is 0.0893 e. The fourth-order valence-electron chi connectivity index (χ4n) is 4.67. The van der Waals surface area contributed by atoms with E-state index in [-0.39, 0.29) is 0 Å². The Bertz CT molecular complexity index is 1840. The molecule has 0 bridgehead atoms. The van der Waals surface area contributed by atoms with Crippen molar-refractivity contribution < 1.29 is 0 Å². The number of nitrogens with zero attached hydrogens (tertiary/aromatic N) is 3. The molecule has 0 fully saturated rings. The van der Waals surface area contributed by atoms with Crippen molar-refractivity contribution in [3.05, 3.63) is 104 Å². The lowest BCUT2D eigenvalue weighted by Gasteiger charge is -2.09. The van der Waals surface area contributed by atoms with E-state index in [1.165, 1.54) is 37.9 Å². The first-order chi connectivity index (χ1) is 15.8. The van der Waals surface area contributed by atoms with Gasteiger partial charge < -0.3 is 0 Å². The van der Waals surface area contributed by atoms with E-state index in [9.17, 15) is 0 Å². The van der Waals surface area contributed by atoms with Gasteiger partial charge in [0.1, 0.15) is 0 Å². The van der Waals surface area contributed by atoms with Crippen LogP contribution in [0.4, 0.5) is 0 Å². The molecule has 0 aliphatic rings. The van der Waals surface area contributed by atoms with E-state index in [2.05, 4.69) is 94.9 Å². The fourth-order valence-corrected chi connectivity index (χ4v) is 4.67. The van der Waals surface area contributed by atoms with Gasteiger partial charge in [0.15, 0.2) is 0 Å². The SMILES string of the molecule is c1ccc2c(c1)ccc1cc(-c3ccc4cc5cc6nccnc6cc5cc4c3)cnc12. The predicted octanol–water partition coefficient (Wildman–Crippen LogP) is 7.30. The van der Waals surface area contributed by atoms with Crippen LogP contribution in [0.3, 0.4) is 0 Å². The van der Waals surface area contributed by atoms with E-state index in [0.717, 1.165) is 27.5 Å². The lowest BCUT2D eigenvalue weighted by Crippen LogP contribution is -1.86. The zero-order chi connectivity index (χ0) is 21.1. The zero-order valence-corrected chi connectivity index (χ0v) is 17.2. The highest BCUT2D eigenvalue weighted by Gasteiger charge is 2.07. The summed E-state index contributed by atoms with van der Waals surface area (Å²) in [5.41, 5.74) is 5.18. The van der Waals surface area contributed by atoms with Crippen molar-refractivity contribution in [1.82, 2.24) is 15.0 Å². The molecule has 0 atom stereocenters. The summed E-state index contributed by atoms with van der Waals surface area (Å²) >= 11 is 0. The van der Waals surface area contributed by atoms with Gasteiger partial charge in [0, 0.05) is 34.9 Å². The molecule has 7 rings (SSSR count). The molecule has 0 aliphatic carbocycles. The van der Waals surface area contributed by atoms with Gasteiger partial charge in [-0.3, -0.25) is 15.0 Å². The molecule has 148 valence electrons. The maximum atomic E-state index is 4.83. The maximum absolute atomic E-state index is 4.83. The molecule has 3 heteroatoms. The number of benzene rings is 5. The van der Waals surface area contributed by atoms with Crippen molar-refractivity contribution in [2.45, 2.75) is 0 Å². The summed E-state index contributed by atoms with van der Waals surface area (Å²) in [4.78, 5) is 13.7. The van der Waals surface area contributed by atoms with E-state index >= 15 is 0 Å². The average Bonchev–Trinajstić information content (AvgIpc) is 2.85. The Hall–Kier alpha value is -4.37. The molecule has 0 saturated heterocycles. The summed E-state index contributed by atoms with van der Waals surface area (Å²) < 4.78 is 0. The van der Waals surface area contributed by atoms with Gasteiger partial charge >= 0.3 is 0 Å². The molecule has 2 heterocycles. The van der Waals surface area contributed by atoms with Gasteiger partial charge in [-0.1, -0.05) is 48.5 Å². The second-order valence-electron chi connectivity index (χ2n) is 8.24. The van der Waals surface area contributed by atoms with Crippen LogP contribution in [0.2, 0.25) is 0 Å². The third-order valence-corrected chi connectivity index (χ3v) is 6.29. The van der Waals surface area contributed by atoms with Crippen LogP contribution < -0.4 is 0 Å². The largest absolute Gasteiger partial charge is 0.255 e. The topological polar surface area (TPSA) is 38.7 Å². The Morgan fingerprint density at radius 2 is 1.09 bits per heavy atom. The van der Waals surface area contributed by atoms with Crippen molar-refractivity contribution in [2.75, 3.05) is 0 Å². The molecule has 0 aliphatic heterocycles. The number of pyridine rings is 1. The summed E-state index contributed by atoms with van der Waals surface area (Å²) in [6.45, 7) is 0. The van der Waals surface area contributed by atoms with Crippen molar-refractivity contribution in [2.24, 2.45) is 0 Å². The van der Waals surface area contributed by atoms with Crippen LogP contribution in [0.5, 0.6) is 0 Å².